The largest absolute Gasteiger partial charge is 0.477 e. The Morgan fingerprint density at radius 3 is 2.86 bits per heavy atom. The molecule has 1 aliphatic heterocycles. The van der Waals surface area contributed by atoms with Gasteiger partial charge in [-0.2, -0.15) is 5.26 Å². The van der Waals surface area contributed by atoms with E-state index >= 15 is 0 Å². The molecule has 148 valence electrons. The molecule has 8 nitrogen and oxygen atoms in total. The van der Waals surface area contributed by atoms with E-state index in [0.717, 1.165) is 34.2 Å². The van der Waals surface area contributed by atoms with Gasteiger partial charge in [0.15, 0.2) is 0 Å². The summed E-state index contributed by atoms with van der Waals surface area (Å²) in [6.45, 7) is 2.80. The Labute approximate surface area is 170 Å². The zero-order valence-electron chi connectivity index (χ0n) is 15.9. The van der Waals surface area contributed by atoms with Crippen LogP contribution >= 0.6 is 11.3 Å². The van der Waals surface area contributed by atoms with Gasteiger partial charge in [0, 0.05) is 35.8 Å². The molecule has 3 heterocycles. The lowest BCUT2D eigenvalue weighted by Gasteiger charge is -2.16. The molecule has 29 heavy (non-hydrogen) atoms. The van der Waals surface area contributed by atoms with Crippen LogP contribution in [0.3, 0.4) is 0 Å². The molecule has 1 aliphatic rings. The maximum absolute atomic E-state index is 11.8. The number of hydrogen-bond donors (Lipinski definition) is 1. The maximum Gasteiger partial charge on any atom is 0.409 e. The summed E-state index contributed by atoms with van der Waals surface area (Å²) in [7, 11) is 1.37. The van der Waals surface area contributed by atoms with Crippen LogP contribution in [0.5, 0.6) is 0 Å². The van der Waals surface area contributed by atoms with E-state index < -0.39 is 5.97 Å². The van der Waals surface area contributed by atoms with Crippen molar-refractivity contribution in [1.82, 2.24) is 14.5 Å². The first kappa shape index (κ1) is 19.0. The van der Waals surface area contributed by atoms with Crippen molar-refractivity contribution in [2.45, 2.75) is 19.4 Å². The number of likely N-dealkylation sites (tertiary alicyclic amines) is 1. The van der Waals surface area contributed by atoms with Crippen LogP contribution in [0.15, 0.2) is 24.4 Å². The number of methoxy groups -OCH3 is 1. The molecule has 9 heteroatoms. The van der Waals surface area contributed by atoms with Crippen LogP contribution in [0.1, 0.15) is 33.4 Å². The van der Waals surface area contributed by atoms with Gasteiger partial charge in [0.1, 0.15) is 16.0 Å². The van der Waals surface area contributed by atoms with Crippen LogP contribution in [0, 0.1) is 18.3 Å². The second-order valence-electron chi connectivity index (χ2n) is 6.89. The summed E-state index contributed by atoms with van der Waals surface area (Å²) in [5.74, 6) is -0.993. The summed E-state index contributed by atoms with van der Waals surface area (Å²) < 4.78 is 6.84. The number of thiazole rings is 1. The number of carbonyl (C=O) groups is 2. The quantitative estimate of drug-likeness (QED) is 0.706. The molecule has 0 saturated carbocycles. The van der Waals surface area contributed by atoms with Crippen LogP contribution in [0.4, 0.5) is 4.79 Å². The zero-order valence-corrected chi connectivity index (χ0v) is 16.7. The minimum atomic E-state index is -0.993. The summed E-state index contributed by atoms with van der Waals surface area (Å²) in [5.41, 5.74) is 2.68. The molecule has 1 unspecified atom stereocenters. The molecule has 0 radical (unpaired) electrons. The van der Waals surface area contributed by atoms with E-state index in [1.807, 2.05) is 29.0 Å². The SMILES string of the molecule is COC(=O)N1CCC(n2cc(C#N)c3cc(-c4nc(C)c(C(=O)O)s4)ccc32)C1. The average molecular weight is 410 g/mol. The van der Waals surface area contributed by atoms with E-state index in [-0.39, 0.29) is 17.0 Å². The van der Waals surface area contributed by atoms with E-state index in [4.69, 9.17) is 4.74 Å². The van der Waals surface area contributed by atoms with Gasteiger partial charge in [-0.25, -0.2) is 14.6 Å². The number of rotatable bonds is 3. The van der Waals surface area contributed by atoms with E-state index in [9.17, 15) is 20.0 Å². The van der Waals surface area contributed by atoms with Crippen LogP contribution in [-0.2, 0) is 4.74 Å². The van der Waals surface area contributed by atoms with Gasteiger partial charge < -0.3 is 19.3 Å². The number of fused-ring (bicyclic) bond motifs is 1. The van der Waals surface area contributed by atoms with E-state index in [1.165, 1.54) is 7.11 Å². The Morgan fingerprint density at radius 2 is 2.21 bits per heavy atom. The number of benzene rings is 1. The number of carbonyl (C=O) groups excluding carboxylic acids is 1. The minimum absolute atomic E-state index is 0.0604. The van der Waals surface area contributed by atoms with Crippen molar-refractivity contribution in [2.75, 3.05) is 20.2 Å². The monoisotopic (exact) mass is 410 g/mol. The molecule has 4 rings (SSSR count). The molecule has 0 bridgehead atoms. The number of carboxylic acid groups (broad SMARTS) is 1. The average Bonchev–Trinajstić information content (AvgIpc) is 3.43. The molecule has 0 aliphatic carbocycles. The summed E-state index contributed by atoms with van der Waals surface area (Å²) in [5, 5.41) is 20.3. The van der Waals surface area contributed by atoms with E-state index in [1.54, 1.807) is 11.8 Å². The highest BCUT2D eigenvalue weighted by Gasteiger charge is 2.29. The number of nitrogens with zero attached hydrogens (tertiary/aromatic N) is 4. The standard InChI is InChI=1S/C20H18N4O4S/c1-11-17(19(25)26)29-18(22-11)12-3-4-16-15(7-12)13(8-21)9-24(16)14-5-6-23(10-14)20(27)28-2/h3-4,7,9,14H,5-6,10H2,1-2H3,(H,25,26). The molecule has 0 spiro atoms. The Kier molecular flexibility index (Phi) is 4.72. The van der Waals surface area contributed by atoms with Gasteiger partial charge in [-0.05, 0) is 31.5 Å². The van der Waals surface area contributed by atoms with Gasteiger partial charge in [-0.15, -0.1) is 11.3 Å². The number of aryl methyl sites for hydroxylation is 1. The van der Waals surface area contributed by atoms with Crippen LogP contribution in [0.25, 0.3) is 21.5 Å². The molecule has 1 N–H and O–H groups in total. The number of hydrogen-bond acceptors (Lipinski definition) is 6. The molecular formula is C20H18N4O4S. The smallest absolute Gasteiger partial charge is 0.409 e. The molecule has 1 aromatic carbocycles. The number of amides is 1. The lowest BCUT2D eigenvalue weighted by atomic mass is 10.1. The fourth-order valence-electron chi connectivity index (χ4n) is 3.76. The van der Waals surface area contributed by atoms with Crippen molar-refractivity contribution in [2.24, 2.45) is 0 Å². The molecule has 1 saturated heterocycles. The first-order valence-electron chi connectivity index (χ1n) is 9.01. The summed E-state index contributed by atoms with van der Waals surface area (Å²) in [4.78, 5) is 29.3. The van der Waals surface area contributed by atoms with Crippen molar-refractivity contribution < 1.29 is 19.4 Å². The van der Waals surface area contributed by atoms with Crippen molar-refractivity contribution >= 4 is 34.3 Å². The Hall–Kier alpha value is -3.38. The number of carboxylic acids is 1. The number of ether oxygens (including phenoxy) is 1. The van der Waals surface area contributed by atoms with E-state index in [0.29, 0.717) is 29.4 Å². The highest BCUT2D eigenvalue weighted by Crippen LogP contribution is 2.34. The van der Waals surface area contributed by atoms with Gasteiger partial charge in [0.25, 0.3) is 0 Å². The maximum atomic E-state index is 11.8. The second kappa shape index (κ2) is 7.22. The van der Waals surface area contributed by atoms with E-state index in [2.05, 4.69) is 11.1 Å². The third-order valence-electron chi connectivity index (χ3n) is 5.18. The predicted octanol–water partition coefficient (Wildman–Crippen LogP) is 3.66. The molecule has 1 atom stereocenters. The first-order valence-corrected chi connectivity index (χ1v) is 9.83. The normalized spacial score (nSPS) is 16.2. The Morgan fingerprint density at radius 1 is 1.41 bits per heavy atom. The third-order valence-corrected chi connectivity index (χ3v) is 6.38. The summed E-state index contributed by atoms with van der Waals surface area (Å²) >= 11 is 1.12. The number of aromatic nitrogens is 2. The van der Waals surface area contributed by atoms with Crippen LogP contribution in [-0.4, -0.2) is 51.8 Å². The minimum Gasteiger partial charge on any atom is -0.477 e. The number of aromatic carboxylic acids is 1. The summed E-state index contributed by atoms with van der Waals surface area (Å²) in [6.07, 6.45) is 2.24. The van der Waals surface area contributed by atoms with Crippen LogP contribution in [0.2, 0.25) is 0 Å². The zero-order chi connectivity index (χ0) is 20.7. The highest BCUT2D eigenvalue weighted by atomic mass is 32.1. The second-order valence-corrected chi connectivity index (χ2v) is 7.89. The Balaban J connectivity index is 1.74. The fraction of sp³-hybridized carbons (Fsp3) is 0.300. The fourth-order valence-corrected chi connectivity index (χ4v) is 4.66. The van der Waals surface area contributed by atoms with Gasteiger partial charge in [-0.3, -0.25) is 0 Å². The number of nitriles is 1. The van der Waals surface area contributed by atoms with Crippen molar-refractivity contribution in [3.05, 3.63) is 40.5 Å². The van der Waals surface area contributed by atoms with Gasteiger partial charge in [0.05, 0.1) is 24.4 Å². The highest BCUT2D eigenvalue weighted by molar-refractivity contribution is 7.17. The molecule has 3 aromatic rings. The van der Waals surface area contributed by atoms with Crippen LogP contribution < -0.4 is 0 Å². The first-order chi connectivity index (χ1) is 13.9. The van der Waals surface area contributed by atoms with Gasteiger partial charge >= 0.3 is 12.1 Å². The molecular weight excluding hydrogens is 392 g/mol. The van der Waals surface area contributed by atoms with Gasteiger partial charge in [0.2, 0.25) is 0 Å². The Bertz CT molecular complexity index is 1170. The molecule has 1 amide bonds. The van der Waals surface area contributed by atoms with Crippen molar-refractivity contribution in [3.8, 4) is 16.6 Å². The van der Waals surface area contributed by atoms with Gasteiger partial charge in [-0.1, -0.05) is 0 Å². The van der Waals surface area contributed by atoms with Crippen molar-refractivity contribution in [1.29, 1.82) is 5.26 Å². The molecule has 2 aromatic heterocycles. The summed E-state index contributed by atoms with van der Waals surface area (Å²) in [6, 6.07) is 7.98. The lowest BCUT2D eigenvalue weighted by Crippen LogP contribution is -2.28. The topological polar surface area (TPSA) is 108 Å². The third kappa shape index (κ3) is 3.21. The predicted molar refractivity (Wildman–Crippen MR) is 107 cm³/mol. The molecule has 1 fully saturated rings. The van der Waals surface area contributed by atoms with Crippen molar-refractivity contribution in [3.63, 3.8) is 0 Å². The lowest BCUT2D eigenvalue weighted by molar-refractivity contribution is 0.0701.